The number of amides is 2. The molecule has 1 N–H and O–H groups in total. The fourth-order valence-corrected chi connectivity index (χ4v) is 5.26. The largest absolute Gasteiger partial charge is 0.450 e. The second-order valence-corrected chi connectivity index (χ2v) is 9.43. The number of ether oxygens (including phenoxy) is 1. The zero-order valence-corrected chi connectivity index (χ0v) is 20.0. The van der Waals surface area contributed by atoms with Gasteiger partial charge in [-0.05, 0) is 82.1 Å². The van der Waals surface area contributed by atoms with Gasteiger partial charge in [0.2, 0.25) is 6.41 Å². The van der Waals surface area contributed by atoms with E-state index in [1.807, 2.05) is 13.0 Å². The summed E-state index contributed by atoms with van der Waals surface area (Å²) in [6.07, 6.45) is 13.0. The lowest BCUT2D eigenvalue weighted by molar-refractivity contribution is -0.120. The minimum Gasteiger partial charge on any atom is -0.450 e. The summed E-state index contributed by atoms with van der Waals surface area (Å²) in [4.78, 5) is 27.8. The van der Waals surface area contributed by atoms with Crippen LogP contribution in [-0.2, 0) is 9.53 Å². The maximum atomic E-state index is 11.7. The van der Waals surface area contributed by atoms with Gasteiger partial charge in [-0.15, -0.1) is 0 Å². The van der Waals surface area contributed by atoms with E-state index in [1.165, 1.54) is 63.5 Å². The lowest BCUT2D eigenvalue weighted by Crippen LogP contribution is -2.37. The third kappa shape index (κ3) is 7.14. The number of hydrogen-bond acceptors (Lipinski definition) is 4. The van der Waals surface area contributed by atoms with E-state index in [-0.39, 0.29) is 0 Å². The van der Waals surface area contributed by atoms with Crippen LogP contribution in [0, 0.1) is 12.8 Å². The molecule has 1 aromatic carbocycles. The molecule has 6 heteroatoms. The molecule has 1 aromatic rings. The van der Waals surface area contributed by atoms with Crippen LogP contribution in [0.5, 0.6) is 0 Å². The third-order valence-electron chi connectivity index (χ3n) is 7.06. The highest BCUT2D eigenvalue weighted by atomic mass is 16.5. The van der Waals surface area contributed by atoms with Crippen LogP contribution in [0.25, 0.3) is 0 Å². The number of carbonyl (C=O) groups excluding carboxylic acids is 2. The Balaban J connectivity index is 1.44. The molecule has 0 aromatic heterocycles. The number of aryl methyl sites for hydroxylation is 1. The van der Waals surface area contributed by atoms with Crippen molar-refractivity contribution in [3.63, 3.8) is 0 Å². The fourth-order valence-electron chi connectivity index (χ4n) is 5.26. The van der Waals surface area contributed by atoms with Gasteiger partial charge in [-0.1, -0.05) is 25.7 Å². The maximum Gasteiger partial charge on any atom is 0.411 e. The predicted octanol–water partition coefficient (Wildman–Crippen LogP) is 5.74. The molecule has 1 heterocycles. The Hall–Kier alpha value is -2.24. The second-order valence-electron chi connectivity index (χ2n) is 9.43. The number of nitrogens with zero attached hydrogens (tertiary/aromatic N) is 2. The van der Waals surface area contributed by atoms with Crippen LogP contribution in [0.15, 0.2) is 18.2 Å². The number of unbranched alkanes of at least 4 members (excludes halogenated alkanes) is 1. The van der Waals surface area contributed by atoms with Crippen molar-refractivity contribution in [3.05, 3.63) is 23.8 Å². The van der Waals surface area contributed by atoms with E-state index in [2.05, 4.69) is 27.2 Å². The molecule has 6 nitrogen and oxygen atoms in total. The molecule has 1 aliphatic heterocycles. The standard InChI is InChI=1S/C26H41N3O3/c1-3-32-26(31)27-25-15-14-24(18-21(25)2)28-17-9-11-22(19-28)10-7-8-16-29(20-30)23-12-5-4-6-13-23/h14-15,18,20,22-23H,3-13,16-17,19H2,1-2H3,(H,27,31). The van der Waals surface area contributed by atoms with E-state index in [1.54, 1.807) is 6.92 Å². The highest BCUT2D eigenvalue weighted by molar-refractivity contribution is 5.86. The molecule has 2 aliphatic rings. The normalized spacial score (nSPS) is 19.4. The van der Waals surface area contributed by atoms with E-state index in [0.717, 1.165) is 43.7 Å². The first-order valence-electron chi connectivity index (χ1n) is 12.6. The zero-order valence-electron chi connectivity index (χ0n) is 20.0. The summed E-state index contributed by atoms with van der Waals surface area (Å²) >= 11 is 0. The Bertz CT molecular complexity index is 733. The lowest BCUT2D eigenvalue weighted by atomic mass is 9.91. The second kappa shape index (κ2) is 12.7. The first kappa shape index (κ1) is 24.4. The Morgan fingerprint density at radius 2 is 2.00 bits per heavy atom. The molecule has 2 fully saturated rings. The number of benzene rings is 1. The molecule has 1 saturated heterocycles. The van der Waals surface area contributed by atoms with Crippen LogP contribution >= 0.6 is 0 Å². The maximum absolute atomic E-state index is 11.7. The van der Waals surface area contributed by atoms with Crippen molar-refractivity contribution < 1.29 is 14.3 Å². The molecule has 1 saturated carbocycles. The molecule has 1 atom stereocenters. The van der Waals surface area contributed by atoms with Gasteiger partial charge >= 0.3 is 6.09 Å². The van der Waals surface area contributed by atoms with Gasteiger partial charge in [-0.25, -0.2) is 4.79 Å². The molecule has 1 aliphatic carbocycles. The molecule has 0 radical (unpaired) electrons. The molecule has 3 rings (SSSR count). The molecule has 0 bridgehead atoms. The number of carbonyl (C=O) groups is 2. The van der Waals surface area contributed by atoms with Crippen LogP contribution in [0.4, 0.5) is 16.2 Å². The van der Waals surface area contributed by atoms with Crippen molar-refractivity contribution in [3.8, 4) is 0 Å². The average Bonchev–Trinajstić information content (AvgIpc) is 2.81. The Kier molecular flexibility index (Phi) is 9.69. The Labute approximate surface area is 193 Å². The van der Waals surface area contributed by atoms with Gasteiger partial charge in [-0.3, -0.25) is 10.1 Å². The van der Waals surface area contributed by atoms with E-state index >= 15 is 0 Å². The van der Waals surface area contributed by atoms with E-state index in [9.17, 15) is 9.59 Å². The summed E-state index contributed by atoms with van der Waals surface area (Å²) in [6, 6.07) is 6.72. The molecule has 178 valence electrons. The van der Waals surface area contributed by atoms with Crippen LogP contribution in [-0.4, -0.2) is 49.7 Å². The summed E-state index contributed by atoms with van der Waals surface area (Å²) in [6.45, 7) is 7.28. The van der Waals surface area contributed by atoms with Crippen LogP contribution in [0.2, 0.25) is 0 Å². The Morgan fingerprint density at radius 3 is 2.72 bits per heavy atom. The number of hydrogen-bond donors (Lipinski definition) is 1. The van der Waals surface area contributed by atoms with Crippen molar-refractivity contribution in [2.24, 2.45) is 5.92 Å². The zero-order chi connectivity index (χ0) is 22.8. The van der Waals surface area contributed by atoms with Crippen molar-refractivity contribution in [2.45, 2.75) is 84.1 Å². The number of rotatable bonds is 10. The molecular weight excluding hydrogens is 402 g/mol. The smallest absolute Gasteiger partial charge is 0.411 e. The summed E-state index contributed by atoms with van der Waals surface area (Å²) in [5, 5.41) is 2.81. The molecule has 2 amide bonds. The first-order valence-corrected chi connectivity index (χ1v) is 12.6. The minimum atomic E-state index is -0.405. The van der Waals surface area contributed by atoms with Crippen LogP contribution < -0.4 is 10.2 Å². The van der Waals surface area contributed by atoms with Gasteiger partial charge in [0.15, 0.2) is 0 Å². The van der Waals surface area contributed by atoms with E-state index in [0.29, 0.717) is 18.6 Å². The molecule has 0 spiro atoms. The number of nitrogens with one attached hydrogen (secondary N) is 1. The van der Waals surface area contributed by atoms with Gasteiger partial charge in [0.1, 0.15) is 0 Å². The lowest BCUT2D eigenvalue weighted by Gasteiger charge is -2.35. The first-order chi connectivity index (χ1) is 15.6. The van der Waals surface area contributed by atoms with Crippen molar-refractivity contribution in [1.29, 1.82) is 0 Å². The highest BCUT2D eigenvalue weighted by Crippen LogP contribution is 2.29. The van der Waals surface area contributed by atoms with Gasteiger partial charge in [0.05, 0.1) is 6.61 Å². The van der Waals surface area contributed by atoms with Crippen LogP contribution in [0.1, 0.15) is 76.7 Å². The molecular formula is C26H41N3O3. The van der Waals surface area contributed by atoms with Gasteiger partial charge in [0, 0.05) is 37.1 Å². The minimum absolute atomic E-state index is 0.367. The molecule has 1 unspecified atom stereocenters. The molecule has 32 heavy (non-hydrogen) atoms. The number of piperidine rings is 1. The topological polar surface area (TPSA) is 61.9 Å². The van der Waals surface area contributed by atoms with E-state index in [4.69, 9.17) is 4.74 Å². The predicted molar refractivity (Wildman–Crippen MR) is 130 cm³/mol. The van der Waals surface area contributed by atoms with Gasteiger partial charge in [-0.2, -0.15) is 0 Å². The SMILES string of the molecule is CCOC(=O)Nc1ccc(N2CCCC(CCCCN(C=O)C3CCCCC3)C2)cc1C. The summed E-state index contributed by atoms with van der Waals surface area (Å²) in [5.74, 6) is 0.709. The monoisotopic (exact) mass is 443 g/mol. The third-order valence-corrected chi connectivity index (χ3v) is 7.06. The fraction of sp³-hybridized carbons (Fsp3) is 0.692. The van der Waals surface area contributed by atoms with E-state index < -0.39 is 6.09 Å². The average molecular weight is 444 g/mol. The highest BCUT2D eigenvalue weighted by Gasteiger charge is 2.22. The van der Waals surface area contributed by atoms with Gasteiger partial charge in [0.25, 0.3) is 0 Å². The quantitative estimate of drug-likeness (QED) is 0.370. The van der Waals surface area contributed by atoms with Crippen molar-refractivity contribution in [2.75, 3.05) is 36.5 Å². The summed E-state index contributed by atoms with van der Waals surface area (Å²) in [7, 11) is 0. The van der Waals surface area contributed by atoms with Crippen molar-refractivity contribution >= 4 is 23.9 Å². The number of anilines is 2. The summed E-state index contributed by atoms with van der Waals surface area (Å²) in [5.41, 5.74) is 3.08. The van der Waals surface area contributed by atoms with Gasteiger partial charge < -0.3 is 14.5 Å². The van der Waals surface area contributed by atoms with Crippen molar-refractivity contribution in [1.82, 2.24) is 4.90 Å². The Morgan fingerprint density at radius 1 is 1.19 bits per heavy atom. The summed E-state index contributed by atoms with van der Waals surface area (Å²) < 4.78 is 4.98. The van der Waals surface area contributed by atoms with Crippen LogP contribution in [0.3, 0.4) is 0 Å².